The van der Waals surface area contributed by atoms with Crippen LogP contribution in [0, 0.1) is 10.1 Å². The molecular formula is C16H21NO8S. The number of hydrogen-bond donors (Lipinski definition) is 2. The molecule has 1 aliphatic heterocycles. The molecule has 1 heterocycles. The Morgan fingerprint density at radius 3 is 2.54 bits per heavy atom. The van der Waals surface area contributed by atoms with Gasteiger partial charge >= 0.3 is 5.24 Å². The fraction of sp³-hybridized carbons (Fsp3) is 0.562. The summed E-state index contributed by atoms with van der Waals surface area (Å²) in [6.45, 7) is 3.91. The molecule has 0 aromatic heterocycles. The fourth-order valence-corrected chi connectivity index (χ4v) is 2.58. The standard InChI is InChI=1S/C16H21NO8S/c1-3-8-22-15-13(19)14(12(18)9(2)23-15)25-16(26)24-11-6-4-10(5-7-11)17(20)21/h4-7,9,12-15,18-19H,3,8H2,1-2H3/t9-,12+,13-,14+,15-/m0/s1. The van der Waals surface area contributed by atoms with Crippen LogP contribution in [0.4, 0.5) is 5.69 Å². The highest BCUT2D eigenvalue weighted by molar-refractivity contribution is 7.79. The number of nitrogens with zero attached hydrogens (tertiary/aromatic N) is 1. The Labute approximate surface area is 155 Å². The molecule has 1 aromatic carbocycles. The zero-order valence-corrected chi connectivity index (χ0v) is 15.1. The first-order valence-corrected chi connectivity index (χ1v) is 8.50. The van der Waals surface area contributed by atoms with E-state index in [9.17, 15) is 20.3 Å². The van der Waals surface area contributed by atoms with Gasteiger partial charge in [-0.3, -0.25) is 10.1 Å². The van der Waals surface area contributed by atoms with Gasteiger partial charge in [-0.25, -0.2) is 0 Å². The Balaban J connectivity index is 1.99. The zero-order chi connectivity index (χ0) is 19.3. The highest BCUT2D eigenvalue weighted by atomic mass is 32.1. The second-order valence-corrected chi connectivity index (χ2v) is 6.08. The monoisotopic (exact) mass is 387 g/mol. The van der Waals surface area contributed by atoms with E-state index in [4.69, 9.17) is 31.2 Å². The summed E-state index contributed by atoms with van der Waals surface area (Å²) in [4.78, 5) is 10.1. The summed E-state index contributed by atoms with van der Waals surface area (Å²) in [6.07, 6.45) is -4.40. The fourth-order valence-electron chi connectivity index (χ4n) is 2.38. The van der Waals surface area contributed by atoms with Gasteiger partial charge in [0, 0.05) is 31.0 Å². The molecule has 0 saturated carbocycles. The Morgan fingerprint density at radius 2 is 1.96 bits per heavy atom. The third-order valence-electron chi connectivity index (χ3n) is 3.75. The lowest BCUT2D eigenvalue weighted by atomic mass is 10.00. The van der Waals surface area contributed by atoms with Crippen molar-refractivity contribution in [2.75, 3.05) is 6.61 Å². The van der Waals surface area contributed by atoms with Crippen LogP contribution >= 0.6 is 12.2 Å². The van der Waals surface area contributed by atoms with Crippen molar-refractivity contribution in [3.63, 3.8) is 0 Å². The number of aliphatic hydroxyl groups is 2. The molecule has 1 aromatic rings. The molecule has 0 spiro atoms. The molecule has 0 aliphatic carbocycles. The first-order valence-electron chi connectivity index (χ1n) is 8.09. The van der Waals surface area contributed by atoms with Crippen LogP contribution < -0.4 is 4.74 Å². The van der Waals surface area contributed by atoms with Gasteiger partial charge in [0.1, 0.15) is 18.0 Å². The van der Waals surface area contributed by atoms with Crippen molar-refractivity contribution in [2.45, 2.75) is 51.0 Å². The van der Waals surface area contributed by atoms with E-state index in [-0.39, 0.29) is 16.7 Å². The van der Waals surface area contributed by atoms with E-state index in [1.807, 2.05) is 6.92 Å². The minimum atomic E-state index is -1.27. The first-order chi connectivity index (χ1) is 12.3. The van der Waals surface area contributed by atoms with Crippen molar-refractivity contribution in [2.24, 2.45) is 0 Å². The summed E-state index contributed by atoms with van der Waals surface area (Å²) in [5.74, 6) is 0.225. The van der Waals surface area contributed by atoms with Gasteiger partial charge in [-0.15, -0.1) is 0 Å². The summed E-state index contributed by atoms with van der Waals surface area (Å²) in [6, 6.07) is 5.24. The molecule has 1 aliphatic rings. The van der Waals surface area contributed by atoms with Gasteiger partial charge in [-0.2, -0.15) is 0 Å². The number of non-ortho nitro benzene ring substituents is 1. The molecule has 1 saturated heterocycles. The lowest BCUT2D eigenvalue weighted by Gasteiger charge is -2.40. The summed E-state index contributed by atoms with van der Waals surface area (Å²) < 4.78 is 21.5. The van der Waals surface area contributed by atoms with Gasteiger partial charge in [-0.1, -0.05) is 6.92 Å². The smallest absolute Gasteiger partial charge is 0.358 e. The number of benzene rings is 1. The highest BCUT2D eigenvalue weighted by Crippen LogP contribution is 2.25. The molecular weight excluding hydrogens is 366 g/mol. The lowest BCUT2D eigenvalue weighted by Crippen LogP contribution is -2.59. The van der Waals surface area contributed by atoms with E-state index in [0.29, 0.717) is 6.61 Å². The summed E-state index contributed by atoms with van der Waals surface area (Å²) in [5, 5.41) is 30.8. The maximum absolute atomic E-state index is 10.6. The van der Waals surface area contributed by atoms with Crippen LogP contribution in [0.1, 0.15) is 20.3 Å². The largest absolute Gasteiger partial charge is 0.447 e. The average molecular weight is 387 g/mol. The van der Waals surface area contributed by atoms with Crippen LogP contribution in [-0.2, 0) is 14.2 Å². The molecule has 0 radical (unpaired) electrons. The normalized spacial score (nSPS) is 28.4. The molecule has 144 valence electrons. The summed E-state index contributed by atoms with van der Waals surface area (Å²) in [5.41, 5.74) is -0.0933. The van der Waals surface area contributed by atoms with Crippen LogP contribution in [0.3, 0.4) is 0 Å². The maximum Gasteiger partial charge on any atom is 0.358 e. The SMILES string of the molecule is CCCO[C@H]1O[C@@H](C)[C@@H](O)[C@@H](OC(=S)Oc2ccc([N+](=O)[O-])cc2)[C@@H]1O. The number of nitro benzene ring substituents is 1. The van der Waals surface area contributed by atoms with E-state index >= 15 is 0 Å². The lowest BCUT2D eigenvalue weighted by molar-refractivity contribution is -0.384. The first kappa shape index (κ1) is 20.5. The van der Waals surface area contributed by atoms with Crippen LogP contribution in [0.15, 0.2) is 24.3 Å². The predicted molar refractivity (Wildman–Crippen MR) is 93.8 cm³/mol. The average Bonchev–Trinajstić information content (AvgIpc) is 2.61. The van der Waals surface area contributed by atoms with Gasteiger partial charge in [0.25, 0.3) is 5.69 Å². The van der Waals surface area contributed by atoms with Crippen LogP contribution in [0.25, 0.3) is 0 Å². The van der Waals surface area contributed by atoms with Crippen LogP contribution in [0.2, 0.25) is 0 Å². The molecule has 26 heavy (non-hydrogen) atoms. The van der Waals surface area contributed by atoms with Crippen molar-refractivity contribution < 1.29 is 34.1 Å². The van der Waals surface area contributed by atoms with Crippen molar-refractivity contribution >= 4 is 23.1 Å². The number of aliphatic hydroxyl groups excluding tert-OH is 2. The molecule has 0 unspecified atom stereocenters. The predicted octanol–water partition coefficient (Wildman–Crippen LogP) is 1.54. The molecule has 1 fully saturated rings. The van der Waals surface area contributed by atoms with Gasteiger partial charge in [-0.05, 0) is 25.5 Å². The van der Waals surface area contributed by atoms with Crippen molar-refractivity contribution in [1.29, 1.82) is 0 Å². The van der Waals surface area contributed by atoms with E-state index in [1.54, 1.807) is 6.92 Å². The van der Waals surface area contributed by atoms with Gasteiger partial charge in [0.05, 0.1) is 11.0 Å². The second kappa shape index (κ2) is 9.19. The number of rotatable bonds is 6. The van der Waals surface area contributed by atoms with E-state index in [0.717, 1.165) is 6.42 Å². The van der Waals surface area contributed by atoms with Gasteiger partial charge in [0.2, 0.25) is 0 Å². The highest BCUT2D eigenvalue weighted by Gasteiger charge is 2.45. The molecule has 2 rings (SSSR count). The van der Waals surface area contributed by atoms with Crippen LogP contribution in [-0.4, -0.2) is 57.7 Å². The molecule has 0 bridgehead atoms. The molecule has 0 amide bonds. The third-order valence-corrected chi connectivity index (χ3v) is 3.93. The number of thiocarbonyl (C=S) groups is 1. The maximum atomic E-state index is 10.6. The van der Waals surface area contributed by atoms with Crippen molar-refractivity contribution in [3.8, 4) is 5.75 Å². The van der Waals surface area contributed by atoms with E-state index < -0.39 is 35.6 Å². The third kappa shape index (κ3) is 5.08. The Morgan fingerprint density at radius 1 is 1.31 bits per heavy atom. The molecule has 10 heteroatoms. The summed E-state index contributed by atoms with van der Waals surface area (Å²) in [7, 11) is 0. The quantitative estimate of drug-likeness (QED) is 0.425. The Hall–Kier alpha value is -1.85. The number of nitro groups is 1. The van der Waals surface area contributed by atoms with E-state index in [1.165, 1.54) is 24.3 Å². The van der Waals surface area contributed by atoms with Gasteiger partial charge < -0.3 is 29.2 Å². The molecule has 9 nitrogen and oxygen atoms in total. The van der Waals surface area contributed by atoms with Crippen LogP contribution in [0.5, 0.6) is 5.75 Å². The molecule has 2 N–H and O–H groups in total. The summed E-state index contributed by atoms with van der Waals surface area (Å²) >= 11 is 4.99. The Kier molecular flexibility index (Phi) is 7.23. The zero-order valence-electron chi connectivity index (χ0n) is 14.3. The van der Waals surface area contributed by atoms with Crippen molar-refractivity contribution in [1.82, 2.24) is 0 Å². The van der Waals surface area contributed by atoms with E-state index in [2.05, 4.69) is 0 Å². The number of ether oxygens (including phenoxy) is 4. The van der Waals surface area contributed by atoms with Gasteiger partial charge in [0.15, 0.2) is 12.4 Å². The molecule has 5 atom stereocenters. The van der Waals surface area contributed by atoms with Crippen molar-refractivity contribution in [3.05, 3.63) is 34.4 Å². The minimum absolute atomic E-state index is 0.0933. The Bertz CT molecular complexity index is 625. The second-order valence-electron chi connectivity index (χ2n) is 5.75. The number of hydrogen-bond acceptors (Lipinski definition) is 9. The topological polar surface area (TPSA) is 121 Å². The minimum Gasteiger partial charge on any atom is -0.447 e.